The van der Waals surface area contributed by atoms with Gasteiger partial charge in [-0.2, -0.15) is 0 Å². The van der Waals surface area contributed by atoms with E-state index >= 15 is 0 Å². The summed E-state index contributed by atoms with van der Waals surface area (Å²) in [5, 5.41) is 18.1. The van der Waals surface area contributed by atoms with Crippen molar-refractivity contribution in [2.24, 2.45) is 0 Å². The summed E-state index contributed by atoms with van der Waals surface area (Å²) in [6, 6.07) is -0.0127. The van der Waals surface area contributed by atoms with Gasteiger partial charge in [0.1, 0.15) is 0 Å². The maximum absolute atomic E-state index is 11.8. The number of carbonyl (C=O) groups is 2. The molecule has 1 heterocycles. The highest BCUT2D eigenvalue weighted by Gasteiger charge is 2.34. The standard InChI is InChI=1S/C11H20N2O4/c1-12(2)6-8-5-9(14)7-13(8)10(15)3-4-11(16)17/h8-9,14H,3-7H2,1-2H3,(H,16,17). The third-order valence-corrected chi connectivity index (χ3v) is 2.84. The molecular formula is C11H20N2O4. The highest BCUT2D eigenvalue weighted by atomic mass is 16.4. The van der Waals surface area contributed by atoms with Crippen molar-refractivity contribution in [3.05, 3.63) is 0 Å². The van der Waals surface area contributed by atoms with Crippen LogP contribution in [0.5, 0.6) is 0 Å². The molecular weight excluding hydrogens is 224 g/mol. The van der Waals surface area contributed by atoms with Gasteiger partial charge < -0.3 is 20.0 Å². The molecule has 2 N–H and O–H groups in total. The van der Waals surface area contributed by atoms with Crippen LogP contribution in [0.4, 0.5) is 0 Å². The van der Waals surface area contributed by atoms with Crippen molar-refractivity contribution in [3.8, 4) is 0 Å². The van der Waals surface area contributed by atoms with Crippen molar-refractivity contribution < 1.29 is 19.8 Å². The Bertz CT molecular complexity index is 293. The summed E-state index contributed by atoms with van der Waals surface area (Å²) in [7, 11) is 3.81. The zero-order valence-corrected chi connectivity index (χ0v) is 10.3. The average molecular weight is 244 g/mol. The van der Waals surface area contributed by atoms with Crippen molar-refractivity contribution in [1.29, 1.82) is 0 Å². The lowest BCUT2D eigenvalue weighted by Crippen LogP contribution is -2.41. The molecule has 0 aliphatic carbocycles. The summed E-state index contributed by atoms with van der Waals surface area (Å²) in [6.45, 7) is 1.01. The van der Waals surface area contributed by atoms with Gasteiger partial charge in [-0.15, -0.1) is 0 Å². The number of rotatable bonds is 5. The Morgan fingerprint density at radius 3 is 2.53 bits per heavy atom. The Labute approximate surface area is 101 Å². The van der Waals surface area contributed by atoms with Crippen LogP contribution >= 0.6 is 0 Å². The minimum Gasteiger partial charge on any atom is -0.481 e. The molecule has 1 amide bonds. The smallest absolute Gasteiger partial charge is 0.303 e. The number of aliphatic carboxylic acids is 1. The fourth-order valence-electron chi connectivity index (χ4n) is 2.15. The highest BCUT2D eigenvalue weighted by Crippen LogP contribution is 2.19. The van der Waals surface area contributed by atoms with E-state index in [9.17, 15) is 14.7 Å². The van der Waals surface area contributed by atoms with Crippen molar-refractivity contribution >= 4 is 11.9 Å². The Kier molecular flexibility index (Phi) is 4.89. The molecule has 2 unspecified atom stereocenters. The van der Waals surface area contributed by atoms with Crippen LogP contribution in [0.15, 0.2) is 0 Å². The first kappa shape index (κ1) is 13.9. The maximum atomic E-state index is 11.8. The fourth-order valence-corrected chi connectivity index (χ4v) is 2.15. The molecule has 17 heavy (non-hydrogen) atoms. The van der Waals surface area contributed by atoms with Gasteiger partial charge in [0, 0.05) is 25.6 Å². The lowest BCUT2D eigenvalue weighted by atomic mass is 10.2. The Morgan fingerprint density at radius 2 is 2.00 bits per heavy atom. The predicted octanol–water partition coefficient (Wildman–Crippen LogP) is -0.625. The van der Waals surface area contributed by atoms with Gasteiger partial charge in [0.15, 0.2) is 0 Å². The lowest BCUT2D eigenvalue weighted by molar-refractivity contribution is -0.141. The number of aliphatic hydroxyl groups excluding tert-OH is 1. The molecule has 1 rings (SSSR count). The number of likely N-dealkylation sites (N-methyl/N-ethyl adjacent to an activating group) is 1. The van der Waals surface area contributed by atoms with E-state index < -0.39 is 12.1 Å². The van der Waals surface area contributed by atoms with Gasteiger partial charge in [0.05, 0.1) is 12.5 Å². The van der Waals surface area contributed by atoms with Crippen molar-refractivity contribution in [3.63, 3.8) is 0 Å². The number of nitrogens with zero attached hydrogens (tertiary/aromatic N) is 2. The molecule has 1 aliphatic heterocycles. The molecule has 0 radical (unpaired) electrons. The number of carboxylic acid groups (broad SMARTS) is 1. The van der Waals surface area contributed by atoms with Crippen LogP contribution in [0.2, 0.25) is 0 Å². The van der Waals surface area contributed by atoms with Gasteiger partial charge in [0.25, 0.3) is 0 Å². The van der Waals surface area contributed by atoms with Gasteiger partial charge in [-0.25, -0.2) is 0 Å². The molecule has 1 aliphatic rings. The first-order valence-electron chi connectivity index (χ1n) is 5.74. The first-order valence-corrected chi connectivity index (χ1v) is 5.74. The second-order valence-corrected chi connectivity index (χ2v) is 4.75. The van der Waals surface area contributed by atoms with Crippen LogP contribution in [-0.2, 0) is 9.59 Å². The first-order chi connectivity index (χ1) is 7.90. The number of carbonyl (C=O) groups excluding carboxylic acids is 1. The summed E-state index contributed by atoms with van der Waals surface area (Å²) in [4.78, 5) is 25.8. The van der Waals surface area contributed by atoms with Crippen LogP contribution in [0, 0.1) is 0 Å². The van der Waals surface area contributed by atoms with Crippen LogP contribution in [0.1, 0.15) is 19.3 Å². The monoisotopic (exact) mass is 244 g/mol. The third kappa shape index (κ3) is 4.32. The van der Waals surface area contributed by atoms with E-state index in [2.05, 4.69) is 0 Å². The van der Waals surface area contributed by atoms with E-state index in [1.807, 2.05) is 19.0 Å². The van der Waals surface area contributed by atoms with Crippen molar-refractivity contribution in [1.82, 2.24) is 9.80 Å². The van der Waals surface area contributed by atoms with E-state index in [-0.39, 0.29) is 24.8 Å². The molecule has 6 nitrogen and oxygen atoms in total. The lowest BCUT2D eigenvalue weighted by Gasteiger charge is -2.26. The molecule has 0 aromatic carbocycles. The zero-order chi connectivity index (χ0) is 13.0. The van der Waals surface area contributed by atoms with Gasteiger partial charge in [-0.1, -0.05) is 0 Å². The minimum atomic E-state index is -0.970. The molecule has 0 aromatic heterocycles. The van der Waals surface area contributed by atoms with E-state index in [4.69, 9.17) is 5.11 Å². The molecule has 0 bridgehead atoms. The number of hydrogen-bond donors (Lipinski definition) is 2. The number of likely N-dealkylation sites (tertiary alicyclic amines) is 1. The van der Waals surface area contributed by atoms with E-state index in [0.717, 1.165) is 0 Å². The number of carboxylic acids is 1. The van der Waals surface area contributed by atoms with Crippen LogP contribution in [-0.4, -0.2) is 71.2 Å². The van der Waals surface area contributed by atoms with Crippen LogP contribution in [0.25, 0.3) is 0 Å². The summed E-state index contributed by atoms with van der Waals surface area (Å²) in [5.74, 6) is -1.15. The highest BCUT2D eigenvalue weighted by molar-refractivity contribution is 5.81. The van der Waals surface area contributed by atoms with E-state index in [1.54, 1.807) is 4.90 Å². The molecule has 6 heteroatoms. The molecule has 0 spiro atoms. The Morgan fingerprint density at radius 1 is 1.35 bits per heavy atom. The van der Waals surface area contributed by atoms with Gasteiger partial charge >= 0.3 is 5.97 Å². The minimum absolute atomic E-state index is 0.00593. The molecule has 0 saturated carbocycles. The molecule has 98 valence electrons. The summed E-state index contributed by atoms with van der Waals surface area (Å²) >= 11 is 0. The normalized spacial score (nSPS) is 24.4. The number of β-amino-alcohol motifs (C(OH)–C–C–N with tert-alkyl or cyclic N) is 1. The summed E-state index contributed by atoms with van der Waals surface area (Å²) in [6.07, 6.45) is -0.0722. The molecule has 0 aromatic rings. The predicted molar refractivity (Wildman–Crippen MR) is 61.5 cm³/mol. The number of aliphatic hydroxyl groups is 1. The Hall–Kier alpha value is -1.14. The van der Waals surface area contributed by atoms with Crippen molar-refractivity contribution in [2.45, 2.75) is 31.4 Å². The van der Waals surface area contributed by atoms with Gasteiger partial charge in [-0.05, 0) is 20.5 Å². The molecule has 1 saturated heterocycles. The quantitative estimate of drug-likeness (QED) is 0.673. The van der Waals surface area contributed by atoms with Gasteiger partial charge in [0.2, 0.25) is 5.91 Å². The SMILES string of the molecule is CN(C)CC1CC(O)CN1C(=O)CCC(=O)O. The van der Waals surface area contributed by atoms with E-state index in [0.29, 0.717) is 19.5 Å². The Balaban J connectivity index is 2.53. The van der Waals surface area contributed by atoms with Crippen molar-refractivity contribution in [2.75, 3.05) is 27.2 Å². The molecule has 1 fully saturated rings. The number of hydrogen-bond acceptors (Lipinski definition) is 4. The second kappa shape index (κ2) is 5.97. The summed E-state index contributed by atoms with van der Waals surface area (Å²) in [5.41, 5.74) is 0. The topological polar surface area (TPSA) is 81.1 Å². The van der Waals surface area contributed by atoms with Crippen LogP contribution < -0.4 is 0 Å². The zero-order valence-electron chi connectivity index (χ0n) is 10.3. The maximum Gasteiger partial charge on any atom is 0.303 e. The average Bonchev–Trinajstić information content (AvgIpc) is 2.54. The second-order valence-electron chi connectivity index (χ2n) is 4.75. The number of amides is 1. The largest absolute Gasteiger partial charge is 0.481 e. The van der Waals surface area contributed by atoms with E-state index in [1.165, 1.54) is 0 Å². The third-order valence-electron chi connectivity index (χ3n) is 2.84. The fraction of sp³-hybridized carbons (Fsp3) is 0.818. The molecule has 2 atom stereocenters. The van der Waals surface area contributed by atoms with Gasteiger partial charge in [-0.3, -0.25) is 9.59 Å². The van der Waals surface area contributed by atoms with Crippen LogP contribution in [0.3, 0.4) is 0 Å². The summed E-state index contributed by atoms with van der Waals surface area (Å²) < 4.78 is 0.